The first-order chi connectivity index (χ1) is 13.0. The van der Waals surface area contributed by atoms with Gasteiger partial charge in [0.2, 0.25) is 11.6 Å². The number of carbonyl (C=O) groups is 1. The smallest absolute Gasteiger partial charge is 0.224 e. The molecular formula is C20H17ClN2O4. The molecule has 0 bridgehead atoms. The Labute approximate surface area is 160 Å². The van der Waals surface area contributed by atoms with Crippen molar-refractivity contribution < 1.29 is 14.3 Å². The molecule has 0 aliphatic heterocycles. The average Bonchev–Trinajstić information content (AvgIpc) is 3.09. The molecule has 0 atom stereocenters. The first kappa shape index (κ1) is 18.8. The number of aryl methyl sites for hydroxylation is 1. The van der Waals surface area contributed by atoms with E-state index < -0.39 is 0 Å². The fourth-order valence-corrected chi connectivity index (χ4v) is 2.81. The van der Waals surface area contributed by atoms with Gasteiger partial charge in [0.15, 0.2) is 11.2 Å². The summed E-state index contributed by atoms with van der Waals surface area (Å²) in [5.74, 6) is 5.14. The highest BCUT2D eigenvalue weighted by molar-refractivity contribution is 6.30. The number of carbonyl (C=O) groups excluding carboxylic acids is 1. The molecular weight excluding hydrogens is 368 g/mol. The van der Waals surface area contributed by atoms with Gasteiger partial charge in [-0.2, -0.15) is 0 Å². The Morgan fingerprint density at radius 2 is 2.07 bits per heavy atom. The molecule has 0 aliphatic carbocycles. The molecule has 3 aromatic rings. The topological polar surface area (TPSA) is 84.5 Å². The second kappa shape index (κ2) is 8.12. The minimum absolute atomic E-state index is 0.0426. The molecule has 6 nitrogen and oxygen atoms in total. The number of halogens is 1. The van der Waals surface area contributed by atoms with Crippen LogP contribution in [0.4, 0.5) is 0 Å². The molecule has 1 aromatic carbocycles. The van der Waals surface area contributed by atoms with Crippen molar-refractivity contribution in [2.75, 3.05) is 6.61 Å². The number of furan rings is 1. The SMILES string of the molecule is Cn1cc(CC(=O)NCc2ccc(Cl)cc2)c(=O)c2cc(C#CCO)oc21. The van der Waals surface area contributed by atoms with Gasteiger partial charge in [0.1, 0.15) is 6.61 Å². The molecule has 7 heteroatoms. The summed E-state index contributed by atoms with van der Waals surface area (Å²) in [7, 11) is 1.73. The lowest BCUT2D eigenvalue weighted by Crippen LogP contribution is -2.27. The standard InChI is InChI=1S/C20H17ClN2O4/c1-23-12-14(9-18(25)22-11-13-4-6-15(21)7-5-13)19(26)17-10-16(3-2-8-24)27-20(17)23/h4-7,10,12,24H,8-9,11H2,1H3,(H,22,25). The van der Waals surface area contributed by atoms with Crippen molar-refractivity contribution in [2.24, 2.45) is 7.05 Å². The van der Waals surface area contributed by atoms with E-state index in [4.69, 9.17) is 21.1 Å². The summed E-state index contributed by atoms with van der Waals surface area (Å²) in [6.45, 7) is 0.0532. The van der Waals surface area contributed by atoms with Crippen molar-refractivity contribution in [3.8, 4) is 11.8 Å². The number of hydrogen-bond donors (Lipinski definition) is 2. The molecule has 1 amide bonds. The predicted octanol–water partition coefficient (Wildman–Crippen LogP) is 1.99. The molecule has 0 aliphatic rings. The number of nitrogens with zero attached hydrogens (tertiary/aromatic N) is 1. The van der Waals surface area contributed by atoms with Crippen LogP contribution in [-0.2, 0) is 24.8 Å². The van der Waals surface area contributed by atoms with Gasteiger partial charge in [0.25, 0.3) is 0 Å². The van der Waals surface area contributed by atoms with Crippen molar-refractivity contribution in [1.29, 1.82) is 0 Å². The number of pyridine rings is 1. The first-order valence-electron chi connectivity index (χ1n) is 8.21. The maximum absolute atomic E-state index is 12.6. The number of aliphatic hydroxyl groups excluding tert-OH is 1. The summed E-state index contributed by atoms with van der Waals surface area (Å²) in [5.41, 5.74) is 1.37. The van der Waals surface area contributed by atoms with Crippen molar-refractivity contribution in [3.05, 3.63) is 68.7 Å². The summed E-state index contributed by atoms with van der Waals surface area (Å²) in [6.07, 6.45) is 1.54. The zero-order valence-corrected chi connectivity index (χ0v) is 15.3. The van der Waals surface area contributed by atoms with Gasteiger partial charge < -0.3 is 19.4 Å². The van der Waals surface area contributed by atoms with Crippen LogP contribution in [0.15, 0.2) is 45.7 Å². The lowest BCUT2D eigenvalue weighted by molar-refractivity contribution is -0.120. The van der Waals surface area contributed by atoms with Crippen LogP contribution in [0.5, 0.6) is 0 Å². The quantitative estimate of drug-likeness (QED) is 0.674. The van der Waals surface area contributed by atoms with Gasteiger partial charge in [0.05, 0.1) is 11.8 Å². The summed E-state index contributed by atoms with van der Waals surface area (Å²) >= 11 is 5.84. The van der Waals surface area contributed by atoms with Gasteiger partial charge in [-0.05, 0) is 23.6 Å². The summed E-state index contributed by atoms with van der Waals surface area (Å²) < 4.78 is 7.17. The highest BCUT2D eigenvalue weighted by Gasteiger charge is 2.15. The van der Waals surface area contributed by atoms with Crippen LogP contribution in [0, 0.1) is 11.8 Å². The Bertz CT molecular complexity index is 1100. The third-order valence-corrected chi connectivity index (χ3v) is 4.22. The summed E-state index contributed by atoms with van der Waals surface area (Å²) in [6, 6.07) is 8.68. The first-order valence-corrected chi connectivity index (χ1v) is 8.58. The van der Waals surface area contributed by atoms with Crippen molar-refractivity contribution in [2.45, 2.75) is 13.0 Å². The molecule has 2 aromatic heterocycles. The number of rotatable bonds is 4. The molecule has 0 radical (unpaired) electrons. The third-order valence-electron chi connectivity index (χ3n) is 3.96. The number of hydrogen-bond acceptors (Lipinski definition) is 4. The van der Waals surface area contributed by atoms with E-state index >= 15 is 0 Å². The van der Waals surface area contributed by atoms with E-state index in [1.165, 1.54) is 6.07 Å². The van der Waals surface area contributed by atoms with E-state index in [1.54, 1.807) is 29.9 Å². The lowest BCUT2D eigenvalue weighted by atomic mass is 10.1. The molecule has 0 saturated carbocycles. The Morgan fingerprint density at radius 1 is 1.33 bits per heavy atom. The molecule has 0 unspecified atom stereocenters. The van der Waals surface area contributed by atoms with Gasteiger partial charge in [-0.3, -0.25) is 9.59 Å². The zero-order chi connectivity index (χ0) is 19.4. The number of fused-ring (bicyclic) bond motifs is 1. The predicted molar refractivity (Wildman–Crippen MR) is 102 cm³/mol. The van der Waals surface area contributed by atoms with Crippen LogP contribution < -0.4 is 10.7 Å². The van der Waals surface area contributed by atoms with E-state index in [1.807, 2.05) is 12.1 Å². The Hall–Kier alpha value is -3.01. The molecule has 0 spiro atoms. The number of amides is 1. The Balaban J connectivity index is 1.77. The number of aromatic nitrogens is 1. The van der Waals surface area contributed by atoms with Crippen LogP contribution in [0.25, 0.3) is 11.1 Å². The van der Waals surface area contributed by atoms with E-state index in [0.29, 0.717) is 28.2 Å². The van der Waals surface area contributed by atoms with Crippen LogP contribution >= 0.6 is 11.6 Å². The second-order valence-corrected chi connectivity index (χ2v) is 6.40. The van der Waals surface area contributed by atoms with Crippen LogP contribution in [0.3, 0.4) is 0 Å². The minimum atomic E-state index is -0.299. The monoisotopic (exact) mass is 384 g/mol. The number of nitrogens with one attached hydrogen (secondary N) is 1. The number of benzene rings is 1. The summed E-state index contributed by atoms with van der Waals surface area (Å²) in [5, 5.41) is 12.5. The van der Waals surface area contributed by atoms with Crippen molar-refractivity contribution in [3.63, 3.8) is 0 Å². The van der Waals surface area contributed by atoms with E-state index in [0.717, 1.165) is 5.56 Å². The number of aliphatic hydroxyl groups is 1. The van der Waals surface area contributed by atoms with Gasteiger partial charge in [-0.1, -0.05) is 29.7 Å². The van der Waals surface area contributed by atoms with Crippen molar-refractivity contribution in [1.82, 2.24) is 9.88 Å². The van der Waals surface area contributed by atoms with Gasteiger partial charge >= 0.3 is 0 Å². The van der Waals surface area contributed by atoms with Crippen LogP contribution in [0.2, 0.25) is 5.02 Å². The molecule has 2 heterocycles. The molecule has 138 valence electrons. The fraction of sp³-hybridized carbons (Fsp3) is 0.200. The lowest BCUT2D eigenvalue weighted by Gasteiger charge is -2.07. The molecule has 3 rings (SSSR count). The third kappa shape index (κ3) is 4.40. The van der Waals surface area contributed by atoms with Gasteiger partial charge in [-0.25, -0.2) is 0 Å². The molecule has 27 heavy (non-hydrogen) atoms. The van der Waals surface area contributed by atoms with Gasteiger partial charge in [0, 0.05) is 36.4 Å². The Morgan fingerprint density at radius 3 is 2.78 bits per heavy atom. The van der Waals surface area contributed by atoms with Crippen molar-refractivity contribution >= 4 is 28.6 Å². The summed E-state index contributed by atoms with van der Waals surface area (Å²) in [4.78, 5) is 24.9. The Kier molecular flexibility index (Phi) is 5.65. The normalized spacial score (nSPS) is 10.5. The van der Waals surface area contributed by atoms with Crippen LogP contribution in [-0.4, -0.2) is 22.2 Å². The molecule has 0 saturated heterocycles. The minimum Gasteiger partial charge on any atom is -0.431 e. The largest absolute Gasteiger partial charge is 0.431 e. The zero-order valence-electron chi connectivity index (χ0n) is 14.6. The van der Waals surface area contributed by atoms with E-state index in [2.05, 4.69) is 17.2 Å². The van der Waals surface area contributed by atoms with E-state index in [9.17, 15) is 9.59 Å². The molecule has 2 N–H and O–H groups in total. The molecule has 0 fully saturated rings. The fourth-order valence-electron chi connectivity index (χ4n) is 2.68. The second-order valence-electron chi connectivity index (χ2n) is 5.96. The highest BCUT2D eigenvalue weighted by Crippen LogP contribution is 2.16. The van der Waals surface area contributed by atoms with E-state index in [-0.39, 0.29) is 30.1 Å². The highest BCUT2D eigenvalue weighted by atomic mass is 35.5. The maximum atomic E-state index is 12.6. The average molecular weight is 385 g/mol. The van der Waals surface area contributed by atoms with Gasteiger partial charge in [-0.15, -0.1) is 0 Å². The van der Waals surface area contributed by atoms with Crippen LogP contribution in [0.1, 0.15) is 16.9 Å². The maximum Gasteiger partial charge on any atom is 0.224 e.